The monoisotopic (exact) mass is 208 g/mol. The second kappa shape index (κ2) is 4.79. The molecular formula is C11H16N2O2. The molecule has 1 aromatic carbocycles. The van der Waals surface area contributed by atoms with Crippen LogP contribution in [0.15, 0.2) is 24.3 Å². The van der Waals surface area contributed by atoms with Crippen molar-refractivity contribution in [3.05, 3.63) is 29.8 Å². The zero-order valence-corrected chi connectivity index (χ0v) is 9.23. The van der Waals surface area contributed by atoms with Gasteiger partial charge in [-0.25, -0.2) is 0 Å². The molecule has 1 atom stereocenters. The number of benzene rings is 1. The van der Waals surface area contributed by atoms with Crippen LogP contribution >= 0.6 is 0 Å². The van der Waals surface area contributed by atoms with Gasteiger partial charge < -0.3 is 15.4 Å². The van der Waals surface area contributed by atoms with Crippen LogP contribution in [-0.4, -0.2) is 32.0 Å². The van der Waals surface area contributed by atoms with Crippen molar-refractivity contribution < 1.29 is 9.53 Å². The third kappa shape index (κ3) is 2.70. The Labute approximate surface area is 89.6 Å². The fraction of sp³-hybridized carbons (Fsp3) is 0.364. The summed E-state index contributed by atoms with van der Waals surface area (Å²) >= 11 is 0. The van der Waals surface area contributed by atoms with E-state index in [9.17, 15) is 4.79 Å². The van der Waals surface area contributed by atoms with Crippen molar-refractivity contribution in [3.63, 3.8) is 0 Å². The number of ether oxygens (including phenoxy) is 1. The van der Waals surface area contributed by atoms with E-state index in [1.54, 1.807) is 45.5 Å². The Bertz CT molecular complexity index is 333. The highest BCUT2D eigenvalue weighted by molar-refractivity contribution is 5.82. The fourth-order valence-corrected chi connectivity index (χ4v) is 1.23. The molecule has 4 nitrogen and oxygen atoms in total. The van der Waals surface area contributed by atoms with Gasteiger partial charge in [-0.3, -0.25) is 4.79 Å². The molecule has 0 aromatic heterocycles. The lowest BCUT2D eigenvalue weighted by Gasteiger charge is -2.17. The second-order valence-corrected chi connectivity index (χ2v) is 3.48. The van der Waals surface area contributed by atoms with Crippen molar-refractivity contribution in [1.29, 1.82) is 0 Å². The summed E-state index contributed by atoms with van der Waals surface area (Å²) in [5, 5.41) is 0. The Morgan fingerprint density at radius 1 is 1.33 bits per heavy atom. The molecule has 0 aliphatic rings. The van der Waals surface area contributed by atoms with E-state index in [2.05, 4.69) is 0 Å². The molecule has 1 rings (SSSR count). The summed E-state index contributed by atoms with van der Waals surface area (Å²) in [5.74, 6) is 0.642. The number of hydrogen-bond donors (Lipinski definition) is 1. The first-order valence-corrected chi connectivity index (χ1v) is 4.67. The lowest BCUT2D eigenvalue weighted by atomic mass is 10.1. The van der Waals surface area contributed by atoms with E-state index in [0.717, 1.165) is 11.3 Å². The molecule has 0 saturated heterocycles. The van der Waals surface area contributed by atoms with Crippen LogP contribution in [0.5, 0.6) is 5.75 Å². The molecule has 0 bridgehead atoms. The molecule has 0 radical (unpaired) electrons. The van der Waals surface area contributed by atoms with Crippen molar-refractivity contribution in [3.8, 4) is 5.75 Å². The number of rotatable bonds is 3. The van der Waals surface area contributed by atoms with Gasteiger partial charge in [-0.05, 0) is 17.7 Å². The first kappa shape index (κ1) is 11.5. The van der Waals surface area contributed by atoms with Crippen molar-refractivity contribution in [2.24, 2.45) is 5.73 Å². The van der Waals surface area contributed by atoms with Crippen LogP contribution in [0.2, 0.25) is 0 Å². The Kier molecular flexibility index (Phi) is 3.68. The standard InChI is InChI=1S/C11H16N2O2/c1-13(2)11(14)10(12)8-4-6-9(15-3)7-5-8/h4-7,10H,12H2,1-3H3/t10-/m1/s1. The lowest BCUT2D eigenvalue weighted by Crippen LogP contribution is -2.33. The molecule has 0 heterocycles. The molecule has 0 aliphatic carbocycles. The number of carbonyl (C=O) groups excluding carboxylic acids is 1. The van der Waals surface area contributed by atoms with Gasteiger partial charge in [-0.2, -0.15) is 0 Å². The molecule has 0 fully saturated rings. The van der Waals surface area contributed by atoms with Gasteiger partial charge in [-0.1, -0.05) is 12.1 Å². The zero-order valence-electron chi connectivity index (χ0n) is 9.23. The minimum absolute atomic E-state index is 0.111. The van der Waals surface area contributed by atoms with Gasteiger partial charge in [0.15, 0.2) is 0 Å². The molecule has 1 aromatic rings. The molecule has 2 N–H and O–H groups in total. The molecule has 0 saturated carbocycles. The number of hydrogen-bond acceptors (Lipinski definition) is 3. The van der Waals surface area contributed by atoms with Crippen LogP contribution in [0.1, 0.15) is 11.6 Å². The van der Waals surface area contributed by atoms with Crippen molar-refractivity contribution in [2.75, 3.05) is 21.2 Å². The summed E-state index contributed by atoms with van der Waals surface area (Å²) in [7, 11) is 4.97. The van der Waals surface area contributed by atoms with Crippen LogP contribution in [0, 0.1) is 0 Å². The van der Waals surface area contributed by atoms with Gasteiger partial charge in [0.2, 0.25) is 5.91 Å². The maximum atomic E-state index is 11.6. The van der Waals surface area contributed by atoms with E-state index in [4.69, 9.17) is 10.5 Å². The molecule has 0 unspecified atom stereocenters. The molecule has 4 heteroatoms. The van der Waals surface area contributed by atoms with E-state index in [0.29, 0.717) is 0 Å². The second-order valence-electron chi connectivity index (χ2n) is 3.48. The molecule has 1 amide bonds. The number of methoxy groups -OCH3 is 1. The van der Waals surface area contributed by atoms with Crippen molar-refractivity contribution >= 4 is 5.91 Å². The number of nitrogens with two attached hydrogens (primary N) is 1. The van der Waals surface area contributed by atoms with E-state index >= 15 is 0 Å². The number of likely N-dealkylation sites (N-methyl/N-ethyl adjacent to an activating group) is 1. The largest absolute Gasteiger partial charge is 0.497 e. The van der Waals surface area contributed by atoms with Crippen LogP contribution in [0.4, 0.5) is 0 Å². The summed E-state index contributed by atoms with van der Waals surface area (Å²) in [5.41, 5.74) is 6.59. The Morgan fingerprint density at radius 3 is 2.27 bits per heavy atom. The number of carbonyl (C=O) groups is 1. The highest BCUT2D eigenvalue weighted by atomic mass is 16.5. The summed E-state index contributed by atoms with van der Waals surface area (Å²) < 4.78 is 5.02. The van der Waals surface area contributed by atoms with Gasteiger partial charge in [-0.15, -0.1) is 0 Å². The maximum Gasteiger partial charge on any atom is 0.243 e. The first-order chi connectivity index (χ1) is 7.06. The van der Waals surface area contributed by atoms with Gasteiger partial charge in [0, 0.05) is 14.1 Å². The highest BCUT2D eigenvalue weighted by Crippen LogP contribution is 2.16. The van der Waals surface area contributed by atoms with Crippen LogP contribution < -0.4 is 10.5 Å². The average Bonchev–Trinajstić information content (AvgIpc) is 2.27. The molecule has 0 aliphatic heterocycles. The topological polar surface area (TPSA) is 55.6 Å². The van der Waals surface area contributed by atoms with Gasteiger partial charge in [0.05, 0.1) is 7.11 Å². The first-order valence-electron chi connectivity index (χ1n) is 4.67. The molecular weight excluding hydrogens is 192 g/mol. The summed E-state index contributed by atoms with van der Waals surface area (Å²) in [6.45, 7) is 0. The normalized spacial score (nSPS) is 12.0. The third-order valence-corrected chi connectivity index (χ3v) is 2.18. The number of amides is 1. The fourth-order valence-electron chi connectivity index (χ4n) is 1.23. The molecule has 15 heavy (non-hydrogen) atoms. The van der Waals surface area contributed by atoms with Crippen molar-refractivity contribution in [1.82, 2.24) is 4.90 Å². The quantitative estimate of drug-likeness (QED) is 0.798. The van der Waals surface area contributed by atoms with Crippen molar-refractivity contribution in [2.45, 2.75) is 6.04 Å². The zero-order chi connectivity index (χ0) is 11.4. The molecule has 82 valence electrons. The summed E-state index contributed by atoms with van der Waals surface area (Å²) in [4.78, 5) is 13.0. The smallest absolute Gasteiger partial charge is 0.243 e. The van der Waals surface area contributed by atoms with Crippen LogP contribution in [0.25, 0.3) is 0 Å². The van der Waals surface area contributed by atoms with Gasteiger partial charge in [0.25, 0.3) is 0 Å². The van der Waals surface area contributed by atoms with E-state index < -0.39 is 6.04 Å². The average molecular weight is 208 g/mol. The highest BCUT2D eigenvalue weighted by Gasteiger charge is 2.17. The van der Waals surface area contributed by atoms with Crippen LogP contribution in [-0.2, 0) is 4.79 Å². The van der Waals surface area contributed by atoms with Gasteiger partial charge in [0.1, 0.15) is 11.8 Å². The van der Waals surface area contributed by atoms with E-state index in [-0.39, 0.29) is 5.91 Å². The lowest BCUT2D eigenvalue weighted by molar-refractivity contribution is -0.130. The van der Waals surface area contributed by atoms with E-state index in [1.807, 2.05) is 0 Å². The Hall–Kier alpha value is -1.55. The summed E-state index contributed by atoms with van der Waals surface area (Å²) in [6.07, 6.45) is 0. The predicted molar refractivity (Wildman–Crippen MR) is 58.6 cm³/mol. The maximum absolute atomic E-state index is 11.6. The van der Waals surface area contributed by atoms with E-state index in [1.165, 1.54) is 4.90 Å². The SMILES string of the molecule is COc1ccc([C@@H](N)C(=O)N(C)C)cc1. The number of nitrogens with zero attached hydrogens (tertiary/aromatic N) is 1. The summed E-state index contributed by atoms with van der Waals surface area (Å²) in [6, 6.07) is 6.57. The minimum Gasteiger partial charge on any atom is -0.497 e. The van der Waals surface area contributed by atoms with Crippen LogP contribution in [0.3, 0.4) is 0 Å². The minimum atomic E-state index is -0.606. The predicted octanol–water partition coefficient (Wildman–Crippen LogP) is 0.783. The Balaban J connectivity index is 2.82. The third-order valence-electron chi connectivity index (χ3n) is 2.18. The Morgan fingerprint density at radius 2 is 1.87 bits per heavy atom. The van der Waals surface area contributed by atoms with Gasteiger partial charge >= 0.3 is 0 Å². The molecule has 0 spiro atoms.